The first-order chi connectivity index (χ1) is 7.47. The zero-order chi connectivity index (χ0) is 12.3. The molecular weight excluding hydrogens is 239 g/mol. The maximum atomic E-state index is 13.3. The van der Waals surface area contributed by atoms with Gasteiger partial charge in [-0.1, -0.05) is 11.6 Å². The molecule has 0 heterocycles. The number of hydrogen-bond acceptors (Lipinski definition) is 3. The number of aromatic hydroxyl groups is 1. The number of methoxy groups -OCH3 is 1. The summed E-state index contributed by atoms with van der Waals surface area (Å²) in [7, 11) is 1.27. The van der Waals surface area contributed by atoms with Crippen molar-refractivity contribution < 1.29 is 24.1 Å². The molecule has 4 nitrogen and oxygen atoms in total. The molecule has 88 valence electrons. The van der Waals surface area contributed by atoms with Gasteiger partial charge < -0.3 is 14.9 Å². The Kier molecular flexibility index (Phi) is 3.95. The van der Waals surface area contributed by atoms with Gasteiger partial charge in [-0.3, -0.25) is 4.79 Å². The molecule has 0 atom stereocenters. The summed E-state index contributed by atoms with van der Waals surface area (Å²) in [6, 6.07) is 0.946. The Morgan fingerprint density at radius 3 is 2.75 bits per heavy atom. The van der Waals surface area contributed by atoms with Gasteiger partial charge in [0, 0.05) is 18.1 Å². The number of phenolic OH excluding ortho intramolecular Hbond substituents is 1. The van der Waals surface area contributed by atoms with Crippen molar-refractivity contribution in [2.45, 2.75) is 12.8 Å². The summed E-state index contributed by atoms with van der Waals surface area (Å²) >= 11 is 5.63. The molecule has 0 fully saturated rings. The van der Waals surface area contributed by atoms with Crippen molar-refractivity contribution in [1.29, 1.82) is 0 Å². The largest absolute Gasteiger partial charge is 0.504 e. The number of carboxylic acids is 1. The smallest absolute Gasteiger partial charge is 0.303 e. The predicted molar refractivity (Wildman–Crippen MR) is 55.6 cm³/mol. The zero-order valence-corrected chi connectivity index (χ0v) is 9.21. The van der Waals surface area contributed by atoms with Crippen molar-refractivity contribution in [3.05, 3.63) is 22.5 Å². The number of ether oxygens (including phenoxy) is 1. The van der Waals surface area contributed by atoms with Crippen LogP contribution in [-0.2, 0) is 11.2 Å². The van der Waals surface area contributed by atoms with E-state index in [9.17, 15) is 14.3 Å². The molecule has 2 N–H and O–H groups in total. The van der Waals surface area contributed by atoms with Crippen molar-refractivity contribution >= 4 is 17.6 Å². The highest BCUT2D eigenvalue weighted by atomic mass is 35.5. The van der Waals surface area contributed by atoms with Crippen LogP contribution >= 0.6 is 11.6 Å². The van der Waals surface area contributed by atoms with Crippen LogP contribution in [0.5, 0.6) is 11.5 Å². The van der Waals surface area contributed by atoms with Gasteiger partial charge in [-0.15, -0.1) is 0 Å². The van der Waals surface area contributed by atoms with E-state index in [4.69, 9.17) is 21.4 Å². The number of rotatable bonds is 4. The molecule has 0 unspecified atom stereocenters. The van der Waals surface area contributed by atoms with E-state index in [2.05, 4.69) is 0 Å². The Hall–Kier alpha value is -1.49. The molecule has 6 heteroatoms. The minimum atomic E-state index is -1.06. The average Bonchev–Trinajstić information content (AvgIpc) is 2.23. The fourth-order valence-corrected chi connectivity index (χ4v) is 1.50. The van der Waals surface area contributed by atoms with E-state index < -0.39 is 11.8 Å². The summed E-state index contributed by atoms with van der Waals surface area (Å²) in [6.07, 6.45) is -0.312. The van der Waals surface area contributed by atoms with Crippen molar-refractivity contribution in [2.75, 3.05) is 7.11 Å². The normalized spacial score (nSPS) is 10.2. The molecule has 0 aliphatic carbocycles. The molecule has 1 aromatic rings. The van der Waals surface area contributed by atoms with Crippen LogP contribution in [0.2, 0.25) is 5.02 Å². The van der Waals surface area contributed by atoms with Crippen LogP contribution < -0.4 is 4.74 Å². The van der Waals surface area contributed by atoms with Crippen molar-refractivity contribution in [3.63, 3.8) is 0 Å². The van der Waals surface area contributed by atoms with Crippen LogP contribution in [0.4, 0.5) is 4.39 Å². The van der Waals surface area contributed by atoms with Crippen LogP contribution in [0, 0.1) is 5.82 Å². The Morgan fingerprint density at radius 1 is 1.62 bits per heavy atom. The molecular formula is C10H10ClFO4. The lowest BCUT2D eigenvalue weighted by Gasteiger charge is -2.10. The van der Waals surface area contributed by atoms with E-state index in [1.807, 2.05) is 0 Å². The molecule has 1 aromatic carbocycles. The minimum Gasteiger partial charge on any atom is -0.504 e. The van der Waals surface area contributed by atoms with Crippen molar-refractivity contribution in [3.8, 4) is 11.5 Å². The number of benzene rings is 1. The van der Waals surface area contributed by atoms with E-state index in [1.54, 1.807) is 0 Å². The van der Waals surface area contributed by atoms with Crippen LogP contribution in [-0.4, -0.2) is 23.3 Å². The highest BCUT2D eigenvalue weighted by Crippen LogP contribution is 2.37. The number of aliphatic carboxylic acids is 1. The second-order valence-electron chi connectivity index (χ2n) is 3.10. The van der Waals surface area contributed by atoms with Gasteiger partial charge in [-0.2, -0.15) is 0 Å². The van der Waals surface area contributed by atoms with E-state index in [1.165, 1.54) is 7.11 Å². The van der Waals surface area contributed by atoms with E-state index in [-0.39, 0.29) is 34.9 Å². The zero-order valence-electron chi connectivity index (χ0n) is 8.46. The molecule has 0 saturated heterocycles. The molecule has 0 aromatic heterocycles. The van der Waals surface area contributed by atoms with Gasteiger partial charge in [-0.05, 0) is 6.42 Å². The lowest BCUT2D eigenvalue weighted by atomic mass is 10.1. The molecule has 0 saturated carbocycles. The summed E-state index contributed by atoms with van der Waals surface area (Å²) in [5, 5.41) is 17.9. The Morgan fingerprint density at radius 2 is 2.25 bits per heavy atom. The standard InChI is InChI=1S/C10H10ClFO4/c1-16-7-4-6(12)9(11)5(10(7)15)2-3-8(13)14/h4,15H,2-3H2,1H3,(H,13,14). The fourth-order valence-electron chi connectivity index (χ4n) is 1.26. The monoisotopic (exact) mass is 248 g/mol. The second kappa shape index (κ2) is 5.03. The minimum absolute atomic E-state index is 0.0425. The SMILES string of the molecule is COc1cc(F)c(Cl)c(CCC(=O)O)c1O. The van der Waals surface area contributed by atoms with E-state index in [0.29, 0.717) is 0 Å². The first-order valence-electron chi connectivity index (χ1n) is 4.43. The summed E-state index contributed by atoms with van der Waals surface area (Å²) in [4.78, 5) is 10.4. The second-order valence-corrected chi connectivity index (χ2v) is 3.47. The van der Waals surface area contributed by atoms with E-state index in [0.717, 1.165) is 6.07 Å². The maximum absolute atomic E-state index is 13.3. The van der Waals surface area contributed by atoms with Gasteiger partial charge in [-0.25, -0.2) is 4.39 Å². The molecule has 16 heavy (non-hydrogen) atoms. The van der Waals surface area contributed by atoms with Gasteiger partial charge in [0.1, 0.15) is 5.82 Å². The molecule has 0 spiro atoms. The fraction of sp³-hybridized carbons (Fsp3) is 0.300. The summed E-state index contributed by atoms with van der Waals surface area (Å²) < 4.78 is 18.0. The molecule has 0 bridgehead atoms. The third-order valence-electron chi connectivity index (χ3n) is 2.06. The van der Waals surface area contributed by atoms with Crippen LogP contribution in [0.25, 0.3) is 0 Å². The lowest BCUT2D eigenvalue weighted by molar-refractivity contribution is -0.136. The van der Waals surface area contributed by atoms with Crippen LogP contribution in [0.15, 0.2) is 6.07 Å². The summed E-state index contributed by atoms with van der Waals surface area (Å²) in [5.41, 5.74) is 0.0425. The number of hydrogen-bond donors (Lipinski definition) is 2. The highest BCUT2D eigenvalue weighted by molar-refractivity contribution is 6.31. The highest BCUT2D eigenvalue weighted by Gasteiger charge is 2.17. The number of carboxylic acid groups (broad SMARTS) is 1. The lowest BCUT2D eigenvalue weighted by Crippen LogP contribution is -2.00. The predicted octanol–water partition coefficient (Wildman–Crippen LogP) is 2.21. The third-order valence-corrected chi connectivity index (χ3v) is 2.47. The van der Waals surface area contributed by atoms with Gasteiger partial charge in [0.25, 0.3) is 0 Å². The average molecular weight is 249 g/mol. The van der Waals surface area contributed by atoms with Gasteiger partial charge in [0.05, 0.1) is 12.1 Å². The Labute approximate surface area is 96.2 Å². The first kappa shape index (κ1) is 12.6. The quantitative estimate of drug-likeness (QED) is 0.857. The van der Waals surface area contributed by atoms with Crippen molar-refractivity contribution in [1.82, 2.24) is 0 Å². The summed E-state index contributed by atoms with van der Waals surface area (Å²) in [5.74, 6) is -2.20. The van der Waals surface area contributed by atoms with E-state index >= 15 is 0 Å². The first-order valence-corrected chi connectivity index (χ1v) is 4.80. The topological polar surface area (TPSA) is 66.8 Å². The Bertz CT molecular complexity index is 420. The number of carbonyl (C=O) groups is 1. The molecule has 0 aliphatic heterocycles. The van der Waals surface area contributed by atoms with Crippen LogP contribution in [0.1, 0.15) is 12.0 Å². The van der Waals surface area contributed by atoms with Gasteiger partial charge >= 0.3 is 5.97 Å². The van der Waals surface area contributed by atoms with Crippen molar-refractivity contribution in [2.24, 2.45) is 0 Å². The molecule has 1 rings (SSSR count). The van der Waals surface area contributed by atoms with Gasteiger partial charge in [0.15, 0.2) is 11.5 Å². The Balaban J connectivity index is 3.14. The number of phenols is 1. The van der Waals surface area contributed by atoms with Crippen LogP contribution in [0.3, 0.4) is 0 Å². The third kappa shape index (κ3) is 2.55. The van der Waals surface area contributed by atoms with Gasteiger partial charge in [0.2, 0.25) is 0 Å². The molecule has 0 radical (unpaired) electrons. The maximum Gasteiger partial charge on any atom is 0.303 e. The molecule has 0 aliphatic rings. The molecule has 0 amide bonds. The number of halogens is 2. The summed E-state index contributed by atoms with van der Waals surface area (Å²) in [6.45, 7) is 0.